The fourth-order valence-electron chi connectivity index (χ4n) is 0.617. The van der Waals surface area contributed by atoms with E-state index in [0.717, 1.165) is 0 Å². The highest BCUT2D eigenvalue weighted by atomic mass is 15.0. The summed E-state index contributed by atoms with van der Waals surface area (Å²) in [4.78, 5) is 3.79. The molecule has 0 atom stereocenters. The van der Waals surface area contributed by atoms with Crippen LogP contribution in [0.15, 0.2) is 12.5 Å². The normalized spacial score (nSPS) is 9.44. The Morgan fingerprint density at radius 3 is 2.78 bits per heavy atom. The van der Waals surface area contributed by atoms with Gasteiger partial charge in [0.15, 0.2) is 0 Å². The van der Waals surface area contributed by atoms with E-state index in [1.807, 2.05) is 0 Å². The van der Waals surface area contributed by atoms with Gasteiger partial charge in [0.25, 0.3) is 0 Å². The molecule has 0 aromatic carbocycles. The highest BCUT2D eigenvalue weighted by molar-refractivity contribution is 5.92. The summed E-state index contributed by atoms with van der Waals surface area (Å²) in [7, 11) is 1.80. The van der Waals surface area contributed by atoms with Crippen molar-refractivity contribution in [1.29, 1.82) is 5.41 Å². The molecule has 1 aromatic heterocycles. The Balaban J connectivity index is 3.08. The first-order valence-electron chi connectivity index (χ1n) is 2.52. The average Bonchev–Trinajstić information content (AvgIpc) is 2.13. The molecule has 0 aliphatic carbocycles. The highest BCUT2D eigenvalue weighted by Gasteiger charge is 1.98. The molecule has 0 unspecified atom stereocenters. The summed E-state index contributed by atoms with van der Waals surface area (Å²) in [6, 6.07) is 0. The van der Waals surface area contributed by atoms with Crippen molar-refractivity contribution in [2.24, 2.45) is 12.8 Å². The minimum Gasteiger partial charge on any atom is -0.382 e. The molecule has 4 nitrogen and oxygen atoms in total. The fourth-order valence-corrected chi connectivity index (χ4v) is 0.617. The largest absolute Gasteiger partial charge is 0.382 e. The van der Waals surface area contributed by atoms with Crippen molar-refractivity contribution in [3.8, 4) is 0 Å². The molecule has 1 heterocycles. The van der Waals surface area contributed by atoms with Crippen molar-refractivity contribution in [2.45, 2.75) is 0 Å². The van der Waals surface area contributed by atoms with Crippen molar-refractivity contribution in [2.75, 3.05) is 0 Å². The first-order valence-corrected chi connectivity index (χ1v) is 2.52. The summed E-state index contributed by atoms with van der Waals surface area (Å²) in [5, 5.41) is 7.01. The van der Waals surface area contributed by atoms with E-state index in [4.69, 9.17) is 11.1 Å². The Kier molecular flexibility index (Phi) is 1.22. The minimum absolute atomic E-state index is 0.0509. The van der Waals surface area contributed by atoms with E-state index in [-0.39, 0.29) is 5.84 Å². The molecule has 0 radical (unpaired) electrons. The summed E-state index contributed by atoms with van der Waals surface area (Å²) < 4.78 is 1.70. The van der Waals surface area contributed by atoms with Gasteiger partial charge in [0.05, 0.1) is 12.5 Å². The number of nitrogens with zero attached hydrogens (tertiary/aromatic N) is 2. The monoisotopic (exact) mass is 124 g/mol. The Morgan fingerprint density at radius 2 is 2.56 bits per heavy atom. The van der Waals surface area contributed by atoms with Gasteiger partial charge in [-0.3, -0.25) is 5.41 Å². The molecule has 3 N–H and O–H groups in total. The summed E-state index contributed by atoms with van der Waals surface area (Å²) >= 11 is 0. The van der Waals surface area contributed by atoms with E-state index < -0.39 is 0 Å². The van der Waals surface area contributed by atoms with Crippen LogP contribution in [0.5, 0.6) is 0 Å². The van der Waals surface area contributed by atoms with Gasteiger partial charge >= 0.3 is 0 Å². The molecule has 0 saturated carbocycles. The van der Waals surface area contributed by atoms with Crippen molar-refractivity contribution >= 4 is 5.84 Å². The quantitative estimate of drug-likeness (QED) is 0.399. The maximum Gasteiger partial charge on any atom is 0.141 e. The number of nitrogens with two attached hydrogens (primary N) is 1. The zero-order valence-electron chi connectivity index (χ0n) is 5.13. The molecule has 1 aromatic rings. The lowest BCUT2D eigenvalue weighted by Gasteiger charge is -1.95. The van der Waals surface area contributed by atoms with E-state index in [9.17, 15) is 0 Å². The lowest BCUT2D eigenvalue weighted by atomic mass is 10.4. The summed E-state index contributed by atoms with van der Waals surface area (Å²) in [6.07, 6.45) is 3.17. The maximum atomic E-state index is 7.01. The second kappa shape index (κ2) is 1.89. The smallest absolute Gasteiger partial charge is 0.141 e. The van der Waals surface area contributed by atoms with Crippen LogP contribution >= 0.6 is 0 Å². The summed E-state index contributed by atoms with van der Waals surface area (Å²) in [5.41, 5.74) is 5.83. The number of nitrogens with one attached hydrogen (secondary N) is 1. The van der Waals surface area contributed by atoms with E-state index in [0.29, 0.717) is 5.69 Å². The molecule has 4 heteroatoms. The van der Waals surface area contributed by atoms with Crippen molar-refractivity contribution in [3.63, 3.8) is 0 Å². The molecule has 0 fully saturated rings. The van der Waals surface area contributed by atoms with E-state index in [1.165, 1.54) is 0 Å². The molecule has 9 heavy (non-hydrogen) atoms. The molecule has 0 aliphatic heterocycles. The predicted molar refractivity (Wildman–Crippen MR) is 34.2 cm³/mol. The molecule has 0 aliphatic rings. The van der Waals surface area contributed by atoms with Crippen LogP contribution in [0.2, 0.25) is 0 Å². The molecular weight excluding hydrogens is 116 g/mol. The van der Waals surface area contributed by atoms with Gasteiger partial charge in [0.1, 0.15) is 11.5 Å². The average molecular weight is 124 g/mol. The van der Waals surface area contributed by atoms with Crippen LogP contribution in [0, 0.1) is 5.41 Å². The number of rotatable bonds is 1. The Hall–Kier alpha value is -1.32. The minimum atomic E-state index is 0.0509. The number of aromatic nitrogens is 2. The van der Waals surface area contributed by atoms with Gasteiger partial charge < -0.3 is 10.3 Å². The van der Waals surface area contributed by atoms with Gasteiger partial charge in [-0.1, -0.05) is 0 Å². The number of nitrogen functional groups attached to an aromatic ring is 1. The van der Waals surface area contributed by atoms with Gasteiger partial charge in [0, 0.05) is 7.05 Å². The lowest BCUT2D eigenvalue weighted by Crippen LogP contribution is -2.14. The van der Waals surface area contributed by atoms with Gasteiger partial charge in [0.2, 0.25) is 0 Å². The molecule has 0 saturated heterocycles. The van der Waals surface area contributed by atoms with E-state index >= 15 is 0 Å². The standard InChI is InChI=1S/C5H8N4/c1-9-3-8-2-4(9)5(6)7/h2-3H,1H3,(H3,6,7). The number of hydrogen-bond acceptors (Lipinski definition) is 2. The van der Waals surface area contributed by atoms with Crippen LogP contribution < -0.4 is 5.73 Å². The molecule has 0 bridgehead atoms. The molecule has 0 amide bonds. The van der Waals surface area contributed by atoms with Crippen LogP contribution in [-0.2, 0) is 7.05 Å². The Morgan fingerprint density at radius 1 is 1.89 bits per heavy atom. The zero-order valence-corrected chi connectivity index (χ0v) is 5.13. The van der Waals surface area contributed by atoms with E-state index in [1.54, 1.807) is 24.1 Å². The van der Waals surface area contributed by atoms with Crippen molar-refractivity contribution in [3.05, 3.63) is 18.2 Å². The molecular formula is C5H8N4. The number of imidazole rings is 1. The van der Waals surface area contributed by atoms with Crippen LogP contribution in [-0.4, -0.2) is 15.4 Å². The second-order valence-corrected chi connectivity index (χ2v) is 1.80. The highest BCUT2D eigenvalue weighted by Crippen LogP contribution is 1.91. The van der Waals surface area contributed by atoms with Gasteiger partial charge in [-0.05, 0) is 0 Å². The summed E-state index contributed by atoms with van der Waals surface area (Å²) in [5.74, 6) is 0.0509. The SMILES string of the molecule is Cn1cncc1C(=N)N. The number of aryl methyl sites for hydroxylation is 1. The number of hydrogen-bond donors (Lipinski definition) is 2. The van der Waals surface area contributed by atoms with Gasteiger partial charge in [-0.25, -0.2) is 4.98 Å². The lowest BCUT2D eigenvalue weighted by molar-refractivity contribution is 0.899. The second-order valence-electron chi connectivity index (χ2n) is 1.80. The molecule has 1 rings (SSSR count). The third kappa shape index (κ3) is 0.910. The Bertz CT molecular complexity index is 225. The fraction of sp³-hybridized carbons (Fsp3) is 0.200. The van der Waals surface area contributed by atoms with E-state index in [2.05, 4.69) is 4.98 Å². The predicted octanol–water partition coefficient (Wildman–Crippen LogP) is -0.296. The topological polar surface area (TPSA) is 67.7 Å². The molecule has 0 spiro atoms. The third-order valence-corrected chi connectivity index (χ3v) is 1.09. The van der Waals surface area contributed by atoms with Gasteiger partial charge in [-0.2, -0.15) is 0 Å². The zero-order chi connectivity index (χ0) is 6.85. The van der Waals surface area contributed by atoms with Crippen LogP contribution in [0.25, 0.3) is 0 Å². The van der Waals surface area contributed by atoms with Crippen LogP contribution in [0.3, 0.4) is 0 Å². The first-order chi connectivity index (χ1) is 4.22. The Labute approximate surface area is 52.8 Å². The summed E-state index contributed by atoms with van der Waals surface area (Å²) in [6.45, 7) is 0. The van der Waals surface area contributed by atoms with Crippen molar-refractivity contribution < 1.29 is 0 Å². The van der Waals surface area contributed by atoms with Crippen LogP contribution in [0.4, 0.5) is 0 Å². The molecule has 48 valence electrons. The number of amidine groups is 1. The van der Waals surface area contributed by atoms with Crippen LogP contribution in [0.1, 0.15) is 5.69 Å². The third-order valence-electron chi connectivity index (χ3n) is 1.09. The maximum absolute atomic E-state index is 7.01. The van der Waals surface area contributed by atoms with Gasteiger partial charge in [-0.15, -0.1) is 0 Å². The van der Waals surface area contributed by atoms with Crippen molar-refractivity contribution in [1.82, 2.24) is 9.55 Å². The first kappa shape index (κ1) is 5.81.